The van der Waals surface area contributed by atoms with E-state index in [2.05, 4.69) is 36.3 Å². The van der Waals surface area contributed by atoms with Crippen molar-refractivity contribution in [1.29, 1.82) is 0 Å². The maximum Gasteiger partial charge on any atom is 0.255 e. The molecule has 0 atom stereocenters. The molecular formula is C22H23N3O2. The van der Waals surface area contributed by atoms with Crippen LogP contribution >= 0.6 is 0 Å². The number of ether oxygens (including phenoxy) is 1. The van der Waals surface area contributed by atoms with Crippen LogP contribution in [0.3, 0.4) is 0 Å². The van der Waals surface area contributed by atoms with Gasteiger partial charge < -0.3 is 15.8 Å². The Labute approximate surface area is 159 Å². The summed E-state index contributed by atoms with van der Waals surface area (Å²) in [6.45, 7) is 6.57. The molecule has 138 valence electrons. The van der Waals surface area contributed by atoms with E-state index in [1.54, 1.807) is 18.3 Å². The van der Waals surface area contributed by atoms with Gasteiger partial charge in [0.1, 0.15) is 17.3 Å². The van der Waals surface area contributed by atoms with Crippen LogP contribution in [0.5, 0.6) is 11.5 Å². The first kappa shape index (κ1) is 18.5. The minimum atomic E-state index is -0.244. The van der Waals surface area contributed by atoms with Crippen molar-refractivity contribution in [2.45, 2.75) is 27.3 Å². The van der Waals surface area contributed by atoms with Gasteiger partial charge in [0, 0.05) is 12.7 Å². The van der Waals surface area contributed by atoms with Crippen LogP contribution in [-0.2, 0) is 6.54 Å². The van der Waals surface area contributed by atoms with Crippen LogP contribution in [0.1, 0.15) is 32.6 Å². The molecule has 0 aliphatic rings. The summed E-state index contributed by atoms with van der Waals surface area (Å²) in [5, 5.41) is 2.85. The highest BCUT2D eigenvalue weighted by molar-refractivity contribution is 5.98. The minimum absolute atomic E-state index is 0.225. The number of hydrogen-bond acceptors (Lipinski definition) is 4. The van der Waals surface area contributed by atoms with Gasteiger partial charge >= 0.3 is 0 Å². The third-order valence-corrected chi connectivity index (χ3v) is 4.55. The topological polar surface area (TPSA) is 77.2 Å². The molecule has 0 aliphatic heterocycles. The minimum Gasteiger partial charge on any atom is -0.457 e. The van der Waals surface area contributed by atoms with E-state index in [9.17, 15) is 4.79 Å². The van der Waals surface area contributed by atoms with E-state index in [1.807, 2.05) is 31.2 Å². The highest BCUT2D eigenvalue weighted by Crippen LogP contribution is 2.30. The number of nitrogens with zero attached hydrogens (tertiary/aromatic N) is 1. The van der Waals surface area contributed by atoms with Gasteiger partial charge in [0.2, 0.25) is 0 Å². The summed E-state index contributed by atoms with van der Waals surface area (Å²) >= 11 is 0. The summed E-state index contributed by atoms with van der Waals surface area (Å²) in [6, 6.07) is 15.2. The van der Waals surface area contributed by atoms with Gasteiger partial charge in [0.15, 0.2) is 0 Å². The molecule has 2 aromatic carbocycles. The molecule has 0 saturated carbocycles. The third kappa shape index (κ3) is 4.26. The van der Waals surface area contributed by atoms with Crippen molar-refractivity contribution in [2.75, 3.05) is 5.73 Å². The average Bonchev–Trinajstić information content (AvgIpc) is 2.67. The number of pyridine rings is 1. The maximum atomic E-state index is 12.2. The number of amides is 1. The molecule has 5 heteroatoms. The molecule has 27 heavy (non-hydrogen) atoms. The van der Waals surface area contributed by atoms with Gasteiger partial charge in [-0.3, -0.25) is 4.79 Å². The number of aromatic nitrogens is 1. The summed E-state index contributed by atoms with van der Waals surface area (Å²) in [5.74, 6) is 1.64. The summed E-state index contributed by atoms with van der Waals surface area (Å²) in [7, 11) is 0. The number of carbonyl (C=O) groups is 1. The second-order valence-electron chi connectivity index (χ2n) is 6.52. The smallest absolute Gasteiger partial charge is 0.255 e. The summed E-state index contributed by atoms with van der Waals surface area (Å²) in [4.78, 5) is 16.1. The number of nitrogens with two attached hydrogens (primary N) is 1. The van der Waals surface area contributed by atoms with Gasteiger partial charge in [-0.25, -0.2) is 4.98 Å². The Balaban J connectivity index is 1.65. The van der Waals surface area contributed by atoms with Crippen LogP contribution in [0.4, 0.5) is 5.82 Å². The lowest BCUT2D eigenvalue weighted by atomic mass is 10.1. The molecule has 0 spiro atoms. The number of benzene rings is 2. The van der Waals surface area contributed by atoms with Crippen molar-refractivity contribution in [3.63, 3.8) is 0 Å². The number of carbonyl (C=O) groups excluding carboxylic acids is 1. The van der Waals surface area contributed by atoms with Crippen molar-refractivity contribution in [3.05, 3.63) is 82.5 Å². The largest absolute Gasteiger partial charge is 0.457 e. The predicted molar refractivity (Wildman–Crippen MR) is 107 cm³/mol. The van der Waals surface area contributed by atoms with Gasteiger partial charge in [0.05, 0.1) is 5.56 Å². The molecule has 0 bridgehead atoms. The monoisotopic (exact) mass is 361 g/mol. The predicted octanol–water partition coefficient (Wildman–Crippen LogP) is 4.31. The molecule has 1 heterocycles. The third-order valence-electron chi connectivity index (χ3n) is 4.55. The quantitative estimate of drug-likeness (QED) is 0.710. The highest BCUT2D eigenvalue weighted by Gasteiger charge is 2.10. The Morgan fingerprint density at radius 3 is 2.44 bits per heavy atom. The Kier molecular flexibility index (Phi) is 5.41. The van der Waals surface area contributed by atoms with E-state index in [-0.39, 0.29) is 11.7 Å². The number of anilines is 1. The molecule has 0 aliphatic carbocycles. The fourth-order valence-electron chi connectivity index (χ4n) is 2.76. The zero-order chi connectivity index (χ0) is 19.4. The fourth-order valence-corrected chi connectivity index (χ4v) is 2.76. The molecule has 3 rings (SSSR count). The molecule has 0 fully saturated rings. The molecule has 3 N–H and O–H groups in total. The zero-order valence-electron chi connectivity index (χ0n) is 15.7. The van der Waals surface area contributed by atoms with Gasteiger partial charge in [-0.15, -0.1) is 0 Å². The van der Waals surface area contributed by atoms with E-state index >= 15 is 0 Å². The van der Waals surface area contributed by atoms with Gasteiger partial charge in [0.25, 0.3) is 5.91 Å². The molecule has 0 unspecified atom stereocenters. The van der Waals surface area contributed by atoms with E-state index in [1.165, 1.54) is 5.56 Å². The van der Waals surface area contributed by atoms with Crippen molar-refractivity contribution in [2.24, 2.45) is 0 Å². The van der Waals surface area contributed by atoms with E-state index in [0.717, 1.165) is 28.2 Å². The standard InChI is InChI=1S/C22H23N3O2/c1-14-6-7-15(2)20(16(14)3)27-18-10-8-17(9-11-18)13-25-22(26)19-5-4-12-24-21(19)23/h4-12H,13H2,1-3H3,(H2,23,24)(H,25,26). The average molecular weight is 361 g/mol. The van der Waals surface area contributed by atoms with Gasteiger partial charge in [-0.1, -0.05) is 24.3 Å². The molecule has 1 aromatic heterocycles. The highest BCUT2D eigenvalue weighted by atomic mass is 16.5. The van der Waals surface area contributed by atoms with Crippen molar-refractivity contribution >= 4 is 11.7 Å². The number of aryl methyl sites for hydroxylation is 2. The van der Waals surface area contributed by atoms with Crippen LogP contribution in [-0.4, -0.2) is 10.9 Å². The van der Waals surface area contributed by atoms with Gasteiger partial charge in [-0.05, 0) is 67.3 Å². The fraction of sp³-hybridized carbons (Fsp3) is 0.182. The van der Waals surface area contributed by atoms with Gasteiger partial charge in [-0.2, -0.15) is 0 Å². The summed E-state index contributed by atoms with van der Waals surface area (Å²) < 4.78 is 6.07. The molecule has 0 radical (unpaired) electrons. The Bertz CT molecular complexity index is 966. The molecular weight excluding hydrogens is 338 g/mol. The van der Waals surface area contributed by atoms with Crippen molar-refractivity contribution in [1.82, 2.24) is 10.3 Å². The lowest BCUT2D eigenvalue weighted by molar-refractivity contribution is 0.0951. The normalized spacial score (nSPS) is 10.5. The second kappa shape index (κ2) is 7.91. The number of nitrogens with one attached hydrogen (secondary N) is 1. The first-order valence-corrected chi connectivity index (χ1v) is 8.78. The second-order valence-corrected chi connectivity index (χ2v) is 6.52. The van der Waals surface area contributed by atoms with Crippen LogP contribution in [0.2, 0.25) is 0 Å². The van der Waals surface area contributed by atoms with Crippen molar-refractivity contribution in [3.8, 4) is 11.5 Å². The first-order chi connectivity index (χ1) is 13.0. The van der Waals surface area contributed by atoms with E-state index in [4.69, 9.17) is 10.5 Å². The molecule has 0 saturated heterocycles. The molecule has 1 amide bonds. The SMILES string of the molecule is Cc1ccc(C)c(Oc2ccc(CNC(=O)c3cccnc3N)cc2)c1C. The number of nitrogen functional groups attached to an aromatic ring is 1. The van der Waals surface area contributed by atoms with Crippen LogP contribution < -0.4 is 15.8 Å². The van der Waals surface area contributed by atoms with E-state index in [0.29, 0.717) is 12.1 Å². The number of hydrogen-bond donors (Lipinski definition) is 2. The zero-order valence-corrected chi connectivity index (χ0v) is 15.7. The number of rotatable bonds is 5. The Morgan fingerprint density at radius 1 is 1.04 bits per heavy atom. The Hall–Kier alpha value is -3.34. The maximum absolute atomic E-state index is 12.2. The first-order valence-electron chi connectivity index (χ1n) is 8.78. The van der Waals surface area contributed by atoms with Crippen LogP contribution in [0, 0.1) is 20.8 Å². The Morgan fingerprint density at radius 2 is 1.74 bits per heavy atom. The summed E-state index contributed by atoms with van der Waals surface area (Å²) in [6.07, 6.45) is 1.56. The van der Waals surface area contributed by atoms with E-state index < -0.39 is 0 Å². The lowest BCUT2D eigenvalue weighted by Crippen LogP contribution is -2.24. The van der Waals surface area contributed by atoms with Crippen LogP contribution in [0.15, 0.2) is 54.7 Å². The summed E-state index contributed by atoms with van der Waals surface area (Å²) in [5.41, 5.74) is 10.5. The molecule has 5 nitrogen and oxygen atoms in total. The van der Waals surface area contributed by atoms with Crippen LogP contribution in [0.25, 0.3) is 0 Å². The van der Waals surface area contributed by atoms with Crippen molar-refractivity contribution < 1.29 is 9.53 Å². The molecule has 3 aromatic rings. The lowest BCUT2D eigenvalue weighted by Gasteiger charge is -2.14.